The van der Waals surface area contributed by atoms with Crippen LogP contribution in [0, 0.1) is 6.92 Å². The van der Waals surface area contributed by atoms with Crippen LogP contribution >= 0.6 is 0 Å². The van der Waals surface area contributed by atoms with Crippen LogP contribution in [-0.2, 0) is 24.3 Å². The number of pyridine rings is 1. The minimum Gasteiger partial charge on any atom is -0.480 e. The molecule has 1 aliphatic heterocycles. The first kappa shape index (κ1) is 14.9. The maximum atomic E-state index is 11.4. The van der Waals surface area contributed by atoms with Gasteiger partial charge in [-0.05, 0) is 30.2 Å². The molecule has 5 heteroatoms. The standard InChI is InChI=1S/C19H19N3O2/c1-12-6-7-13(9-20-12)11-22-17-5-3-2-4-14(17)15-8-16(19(23)24)21-10-18(15)22/h2-7,9,16,21H,8,10-11H2,1H3,(H,23,24). The van der Waals surface area contributed by atoms with E-state index < -0.39 is 12.0 Å². The third kappa shape index (κ3) is 2.47. The monoisotopic (exact) mass is 321 g/mol. The molecule has 0 bridgehead atoms. The zero-order chi connectivity index (χ0) is 16.7. The molecule has 0 saturated heterocycles. The van der Waals surface area contributed by atoms with E-state index in [2.05, 4.69) is 33.1 Å². The fourth-order valence-electron chi connectivity index (χ4n) is 3.48. The Labute approximate surface area is 139 Å². The van der Waals surface area contributed by atoms with Crippen LogP contribution in [0.2, 0.25) is 0 Å². The summed E-state index contributed by atoms with van der Waals surface area (Å²) in [5.41, 5.74) is 5.62. The number of carboxylic acid groups (broad SMARTS) is 1. The number of benzene rings is 1. The number of nitrogens with zero attached hydrogens (tertiary/aromatic N) is 2. The van der Waals surface area contributed by atoms with E-state index in [4.69, 9.17) is 0 Å². The van der Waals surface area contributed by atoms with Crippen molar-refractivity contribution in [3.63, 3.8) is 0 Å². The van der Waals surface area contributed by atoms with Crippen LogP contribution in [0.4, 0.5) is 0 Å². The number of carbonyl (C=O) groups is 1. The summed E-state index contributed by atoms with van der Waals surface area (Å²) in [5, 5.41) is 13.6. The van der Waals surface area contributed by atoms with Crippen LogP contribution in [0.5, 0.6) is 0 Å². The molecule has 122 valence electrons. The van der Waals surface area contributed by atoms with E-state index in [0.717, 1.165) is 34.3 Å². The lowest BCUT2D eigenvalue weighted by atomic mass is 9.98. The van der Waals surface area contributed by atoms with Crippen LogP contribution in [0.25, 0.3) is 10.9 Å². The SMILES string of the molecule is Cc1ccc(Cn2c3c(c4ccccc42)CC(C(=O)O)NC3)cn1. The van der Waals surface area contributed by atoms with Gasteiger partial charge in [-0.25, -0.2) is 0 Å². The Morgan fingerprint density at radius 1 is 1.33 bits per heavy atom. The van der Waals surface area contributed by atoms with Gasteiger partial charge in [0, 0.05) is 48.0 Å². The van der Waals surface area contributed by atoms with Crippen LogP contribution in [0.1, 0.15) is 22.5 Å². The number of aliphatic carboxylic acids is 1. The molecule has 0 amide bonds. The number of nitrogens with one attached hydrogen (secondary N) is 1. The number of fused-ring (bicyclic) bond motifs is 3. The zero-order valence-electron chi connectivity index (χ0n) is 13.5. The molecule has 3 heterocycles. The highest BCUT2D eigenvalue weighted by atomic mass is 16.4. The predicted octanol–water partition coefficient (Wildman–Crippen LogP) is 2.49. The number of aromatic nitrogens is 2. The summed E-state index contributed by atoms with van der Waals surface area (Å²) in [5.74, 6) is -0.791. The van der Waals surface area contributed by atoms with Crippen molar-refractivity contribution in [2.45, 2.75) is 32.5 Å². The normalized spacial score (nSPS) is 17.0. The highest BCUT2D eigenvalue weighted by Gasteiger charge is 2.28. The van der Waals surface area contributed by atoms with Crippen molar-refractivity contribution in [2.75, 3.05) is 0 Å². The highest BCUT2D eigenvalue weighted by molar-refractivity contribution is 5.87. The topological polar surface area (TPSA) is 67.2 Å². The lowest BCUT2D eigenvalue weighted by Crippen LogP contribution is -2.42. The van der Waals surface area contributed by atoms with Gasteiger partial charge in [-0.1, -0.05) is 24.3 Å². The van der Waals surface area contributed by atoms with E-state index in [1.54, 1.807) is 0 Å². The van der Waals surface area contributed by atoms with Gasteiger partial charge in [0.1, 0.15) is 6.04 Å². The summed E-state index contributed by atoms with van der Waals surface area (Å²) >= 11 is 0. The Morgan fingerprint density at radius 2 is 2.17 bits per heavy atom. The first-order valence-electron chi connectivity index (χ1n) is 8.10. The molecule has 0 fully saturated rings. The summed E-state index contributed by atoms with van der Waals surface area (Å²) < 4.78 is 2.28. The van der Waals surface area contributed by atoms with E-state index in [1.807, 2.05) is 31.3 Å². The van der Waals surface area contributed by atoms with Gasteiger partial charge in [0.05, 0.1) is 0 Å². The number of hydrogen-bond acceptors (Lipinski definition) is 3. The minimum absolute atomic E-state index is 0.516. The number of para-hydroxylation sites is 1. The second-order valence-corrected chi connectivity index (χ2v) is 6.31. The molecule has 1 atom stereocenters. The van der Waals surface area contributed by atoms with E-state index in [1.165, 1.54) is 5.69 Å². The van der Waals surface area contributed by atoms with Crippen molar-refractivity contribution >= 4 is 16.9 Å². The second kappa shape index (κ2) is 5.76. The number of aryl methyl sites for hydroxylation is 1. The van der Waals surface area contributed by atoms with Crippen molar-refractivity contribution in [1.82, 2.24) is 14.9 Å². The maximum Gasteiger partial charge on any atom is 0.321 e. The summed E-state index contributed by atoms with van der Waals surface area (Å²) in [6, 6.07) is 11.8. The summed E-state index contributed by atoms with van der Waals surface area (Å²) in [6.07, 6.45) is 2.43. The van der Waals surface area contributed by atoms with Gasteiger partial charge in [-0.3, -0.25) is 15.1 Å². The average Bonchev–Trinajstić information content (AvgIpc) is 2.90. The molecule has 0 radical (unpaired) electrons. The molecule has 24 heavy (non-hydrogen) atoms. The molecular formula is C19H19N3O2. The molecule has 1 unspecified atom stereocenters. The summed E-state index contributed by atoms with van der Waals surface area (Å²) in [4.78, 5) is 15.7. The average molecular weight is 321 g/mol. The van der Waals surface area contributed by atoms with Gasteiger partial charge in [0.25, 0.3) is 0 Å². The number of hydrogen-bond donors (Lipinski definition) is 2. The first-order valence-corrected chi connectivity index (χ1v) is 8.10. The Balaban J connectivity index is 1.81. The van der Waals surface area contributed by atoms with E-state index >= 15 is 0 Å². The van der Waals surface area contributed by atoms with Crippen molar-refractivity contribution in [2.24, 2.45) is 0 Å². The lowest BCUT2D eigenvalue weighted by Gasteiger charge is -2.22. The van der Waals surface area contributed by atoms with Crippen molar-refractivity contribution in [3.8, 4) is 0 Å². The van der Waals surface area contributed by atoms with Crippen LogP contribution < -0.4 is 5.32 Å². The van der Waals surface area contributed by atoms with E-state index in [-0.39, 0.29) is 0 Å². The van der Waals surface area contributed by atoms with Crippen molar-refractivity contribution in [3.05, 3.63) is 65.1 Å². The molecule has 2 aromatic heterocycles. The quantitative estimate of drug-likeness (QED) is 0.778. The third-order valence-electron chi connectivity index (χ3n) is 4.73. The van der Waals surface area contributed by atoms with E-state index in [9.17, 15) is 9.90 Å². The maximum absolute atomic E-state index is 11.4. The van der Waals surface area contributed by atoms with Crippen LogP contribution in [0.15, 0.2) is 42.6 Å². The van der Waals surface area contributed by atoms with Gasteiger partial charge >= 0.3 is 5.97 Å². The molecule has 0 spiro atoms. The zero-order valence-corrected chi connectivity index (χ0v) is 13.5. The largest absolute Gasteiger partial charge is 0.480 e. The number of carboxylic acids is 1. The molecule has 4 rings (SSSR count). The Bertz CT molecular complexity index is 912. The predicted molar refractivity (Wildman–Crippen MR) is 92.0 cm³/mol. The van der Waals surface area contributed by atoms with Crippen LogP contribution in [0.3, 0.4) is 0 Å². The molecule has 3 aromatic rings. The van der Waals surface area contributed by atoms with E-state index in [0.29, 0.717) is 13.0 Å². The molecule has 1 aromatic carbocycles. The third-order valence-corrected chi connectivity index (χ3v) is 4.73. The Hall–Kier alpha value is -2.66. The molecule has 0 saturated carbocycles. The van der Waals surface area contributed by atoms with Crippen molar-refractivity contribution in [1.29, 1.82) is 0 Å². The lowest BCUT2D eigenvalue weighted by molar-refractivity contribution is -0.139. The molecule has 1 aliphatic rings. The molecule has 0 aliphatic carbocycles. The van der Waals surface area contributed by atoms with Gasteiger partial charge in [0.2, 0.25) is 0 Å². The molecule has 2 N–H and O–H groups in total. The van der Waals surface area contributed by atoms with Crippen LogP contribution in [-0.4, -0.2) is 26.7 Å². The second-order valence-electron chi connectivity index (χ2n) is 6.31. The first-order chi connectivity index (χ1) is 11.6. The van der Waals surface area contributed by atoms with Gasteiger partial charge < -0.3 is 9.67 Å². The molecular weight excluding hydrogens is 302 g/mol. The highest BCUT2D eigenvalue weighted by Crippen LogP contribution is 2.30. The summed E-state index contributed by atoms with van der Waals surface area (Å²) in [7, 11) is 0. The summed E-state index contributed by atoms with van der Waals surface area (Å²) in [6.45, 7) is 3.29. The Morgan fingerprint density at radius 3 is 2.92 bits per heavy atom. The van der Waals surface area contributed by atoms with Gasteiger partial charge in [-0.2, -0.15) is 0 Å². The number of rotatable bonds is 3. The Kier molecular flexibility index (Phi) is 3.58. The molecule has 5 nitrogen and oxygen atoms in total. The smallest absolute Gasteiger partial charge is 0.321 e. The van der Waals surface area contributed by atoms with Gasteiger partial charge in [0.15, 0.2) is 0 Å². The fraction of sp³-hybridized carbons (Fsp3) is 0.263. The fourth-order valence-corrected chi connectivity index (χ4v) is 3.48. The minimum atomic E-state index is -0.791. The van der Waals surface area contributed by atoms with Gasteiger partial charge in [-0.15, -0.1) is 0 Å². The van der Waals surface area contributed by atoms with Crippen molar-refractivity contribution < 1.29 is 9.90 Å².